The summed E-state index contributed by atoms with van der Waals surface area (Å²) in [6.45, 7) is 1.26. The van der Waals surface area contributed by atoms with Gasteiger partial charge in [0.2, 0.25) is 0 Å². The first kappa shape index (κ1) is 11.1. The molecule has 1 saturated carbocycles. The standard InChI is InChI=1S/C11H18N4O/c1-14-8-6-13-10(11(14)16)15(7-5-12)9-3-2-4-9/h6,8-9H,2-5,7,12H2,1H3. The number of nitrogens with zero attached hydrogens (tertiary/aromatic N) is 3. The summed E-state index contributed by atoms with van der Waals surface area (Å²) >= 11 is 0. The highest BCUT2D eigenvalue weighted by Gasteiger charge is 2.27. The van der Waals surface area contributed by atoms with E-state index in [2.05, 4.69) is 9.88 Å². The summed E-state index contributed by atoms with van der Waals surface area (Å²) in [5, 5.41) is 0. The molecule has 16 heavy (non-hydrogen) atoms. The van der Waals surface area contributed by atoms with Crippen LogP contribution in [-0.2, 0) is 7.05 Å². The molecule has 0 radical (unpaired) electrons. The fourth-order valence-corrected chi connectivity index (χ4v) is 1.98. The second-order valence-corrected chi connectivity index (χ2v) is 4.23. The van der Waals surface area contributed by atoms with Crippen molar-refractivity contribution < 1.29 is 0 Å². The maximum Gasteiger partial charge on any atom is 0.293 e. The van der Waals surface area contributed by atoms with Gasteiger partial charge in [0.25, 0.3) is 5.56 Å². The Labute approximate surface area is 94.9 Å². The fraction of sp³-hybridized carbons (Fsp3) is 0.636. The summed E-state index contributed by atoms with van der Waals surface area (Å²) in [7, 11) is 1.74. The summed E-state index contributed by atoms with van der Waals surface area (Å²) in [5.41, 5.74) is 5.55. The van der Waals surface area contributed by atoms with E-state index in [0.29, 0.717) is 24.9 Å². The van der Waals surface area contributed by atoms with Crippen LogP contribution in [0.3, 0.4) is 0 Å². The summed E-state index contributed by atoms with van der Waals surface area (Å²) in [4.78, 5) is 18.2. The Hall–Kier alpha value is -1.36. The van der Waals surface area contributed by atoms with Crippen molar-refractivity contribution in [3.63, 3.8) is 0 Å². The maximum absolute atomic E-state index is 11.9. The van der Waals surface area contributed by atoms with Gasteiger partial charge in [0.15, 0.2) is 5.82 Å². The lowest BCUT2D eigenvalue weighted by Gasteiger charge is -2.37. The summed E-state index contributed by atoms with van der Waals surface area (Å²) < 4.78 is 1.56. The molecule has 1 aromatic rings. The fourth-order valence-electron chi connectivity index (χ4n) is 1.98. The van der Waals surface area contributed by atoms with Crippen molar-refractivity contribution in [3.8, 4) is 0 Å². The lowest BCUT2D eigenvalue weighted by atomic mass is 9.91. The molecule has 0 bridgehead atoms. The van der Waals surface area contributed by atoms with E-state index in [0.717, 1.165) is 12.8 Å². The van der Waals surface area contributed by atoms with Crippen LogP contribution in [0.5, 0.6) is 0 Å². The van der Waals surface area contributed by atoms with Crippen LogP contribution in [0.25, 0.3) is 0 Å². The van der Waals surface area contributed by atoms with Gasteiger partial charge in [-0.2, -0.15) is 0 Å². The van der Waals surface area contributed by atoms with Crippen molar-refractivity contribution in [1.29, 1.82) is 0 Å². The Bertz CT molecular complexity index is 411. The Morgan fingerprint density at radius 3 is 2.94 bits per heavy atom. The largest absolute Gasteiger partial charge is 0.348 e. The monoisotopic (exact) mass is 222 g/mol. The first-order valence-electron chi connectivity index (χ1n) is 5.72. The highest BCUT2D eigenvalue weighted by molar-refractivity contribution is 5.38. The number of aromatic nitrogens is 2. The number of aryl methyl sites for hydroxylation is 1. The number of anilines is 1. The van der Waals surface area contributed by atoms with Gasteiger partial charge in [-0.25, -0.2) is 4.98 Å². The lowest BCUT2D eigenvalue weighted by Crippen LogP contribution is -2.46. The van der Waals surface area contributed by atoms with E-state index in [1.54, 1.807) is 24.0 Å². The second kappa shape index (κ2) is 4.65. The minimum absolute atomic E-state index is 0.0390. The molecule has 0 aromatic carbocycles. The maximum atomic E-state index is 11.9. The first-order valence-corrected chi connectivity index (χ1v) is 5.72. The Morgan fingerprint density at radius 1 is 1.62 bits per heavy atom. The van der Waals surface area contributed by atoms with Crippen molar-refractivity contribution in [2.24, 2.45) is 12.8 Å². The van der Waals surface area contributed by atoms with Crippen molar-refractivity contribution >= 4 is 5.82 Å². The van der Waals surface area contributed by atoms with E-state index in [1.165, 1.54) is 6.42 Å². The number of rotatable bonds is 4. The van der Waals surface area contributed by atoms with Crippen LogP contribution in [0.1, 0.15) is 19.3 Å². The van der Waals surface area contributed by atoms with Crippen LogP contribution in [-0.4, -0.2) is 28.7 Å². The summed E-state index contributed by atoms with van der Waals surface area (Å²) in [6, 6.07) is 0.450. The predicted octanol–water partition coefficient (Wildman–Crippen LogP) is 0.0979. The van der Waals surface area contributed by atoms with Crippen molar-refractivity contribution in [2.45, 2.75) is 25.3 Å². The molecule has 1 aliphatic carbocycles. The molecule has 0 amide bonds. The minimum Gasteiger partial charge on any atom is -0.348 e. The number of nitrogens with two attached hydrogens (primary N) is 1. The molecule has 1 aliphatic rings. The molecule has 2 N–H and O–H groups in total. The first-order chi connectivity index (χ1) is 7.74. The van der Waals surface area contributed by atoms with Gasteiger partial charge in [0, 0.05) is 38.6 Å². The van der Waals surface area contributed by atoms with Gasteiger partial charge in [0.1, 0.15) is 0 Å². The van der Waals surface area contributed by atoms with E-state index in [9.17, 15) is 4.79 Å². The molecule has 0 spiro atoms. The average Bonchev–Trinajstić information content (AvgIpc) is 2.19. The molecular weight excluding hydrogens is 204 g/mol. The second-order valence-electron chi connectivity index (χ2n) is 4.23. The third kappa shape index (κ3) is 1.95. The molecule has 1 fully saturated rings. The smallest absolute Gasteiger partial charge is 0.293 e. The molecule has 0 aliphatic heterocycles. The molecule has 0 atom stereocenters. The Morgan fingerprint density at radius 2 is 2.38 bits per heavy atom. The molecule has 5 nitrogen and oxygen atoms in total. The molecule has 1 aromatic heterocycles. The molecule has 5 heteroatoms. The molecule has 2 rings (SSSR count). The Kier molecular flexibility index (Phi) is 3.24. The van der Waals surface area contributed by atoms with E-state index >= 15 is 0 Å². The highest BCUT2D eigenvalue weighted by Crippen LogP contribution is 2.26. The zero-order chi connectivity index (χ0) is 11.5. The van der Waals surface area contributed by atoms with Crippen LogP contribution in [0, 0.1) is 0 Å². The summed E-state index contributed by atoms with van der Waals surface area (Å²) in [5.74, 6) is 0.542. The number of hydrogen-bond donors (Lipinski definition) is 1. The molecular formula is C11H18N4O. The van der Waals surface area contributed by atoms with Gasteiger partial charge in [-0.05, 0) is 19.3 Å². The van der Waals surface area contributed by atoms with Crippen LogP contribution in [0.4, 0.5) is 5.82 Å². The highest BCUT2D eigenvalue weighted by atomic mass is 16.1. The topological polar surface area (TPSA) is 64.2 Å². The van der Waals surface area contributed by atoms with Crippen LogP contribution >= 0.6 is 0 Å². The molecule has 0 unspecified atom stereocenters. The van der Waals surface area contributed by atoms with Gasteiger partial charge in [-0.3, -0.25) is 4.79 Å². The van der Waals surface area contributed by atoms with Gasteiger partial charge in [-0.1, -0.05) is 0 Å². The summed E-state index contributed by atoms with van der Waals surface area (Å²) in [6.07, 6.45) is 6.85. The Balaban J connectivity index is 2.30. The van der Waals surface area contributed by atoms with Crippen LogP contribution in [0.15, 0.2) is 17.2 Å². The lowest BCUT2D eigenvalue weighted by molar-refractivity contribution is 0.384. The van der Waals surface area contributed by atoms with Crippen molar-refractivity contribution in [1.82, 2.24) is 9.55 Å². The van der Waals surface area contributed by atoms with Crippen molar-refractivity contribution in [2.75, 3.05) is 18.0 Å². The van der Waals surface area contributed by atoms with Crippen molar-refractivity contribution in [3.05, 3.63) is 22.7 Å². The van der Waals surface area contributed by atoms with E-state index < -0.39 is 0 Å². The molecule has 88 valence electrons. The van der Waals surface area contributed by atoms with Gasteiger partial charge in [0.05, 0.1) is 0 Å². The SMILES string of the molecule is Cn1ccnc(N(CCN)C2CCC2)c1=O. The van der Waals surface area contributed by atoms with Gasteiger partial charge < -0.3 is 15.2 Å². The quantitative estimate of drug-likeness (QED) is 0.784. The third-order valence-electron chi connectivity index (χ3n) is 3.16. The van der Waals surface area contributed by atoms with E-state index in [-0.39, 0.29) is 5.56 Å². The molecule has 0 saturated heterocycles. The molecule has 1 heterocycles. The number of hydrogen-bond acceptors (Lipinski definition) is 4. The predicted molar refractivity (Wildman–Crippen MR) is 63.5 cm³/mol. The zero-order valence-electron chi connectivity index (χ0n) is 9.59. The zero-order valence-corrected chi connectivity index (χ0v) is 9.59. The van der Waals surface area contributed by atoms with E-state index in [1.807, 2.05) is 0 Å². The van der Waals surface area contributed by atoms with Gasteiger partial charge in [-0.15, -0.1) is 0 Å². The third-order valence-corrected chi connectivity index (χ3v) is 3.16. The normalized spacial score (nSPS) is 15.9. The van der Waals surface area contributed by atoms with Crippen LogP contribution in [0.2, 0.25) is 0 Å². The average molecular weight is 222 g/mol. The van der Waals surface area contributed by atoms with Crippen LogP contribution < -0.4 is 16.2 Å². The minimum atomic E-state index is -0.0390. The van der Waals surface area contributed by atoms with E-state index in [4.69, 9.17) is 5.73 Å². The van der Waals surface area contributed by atoms with Gasteiger partial charge >= 0.3 is 0 Å².